The first-order valence-corrected chi connectivity index (χ1v) is 9.79. The van der Waals surface area contributed by atoms with Crippen molar-refractivity contribution in [2.24, 2.45) is 0 Å². The van der Waals surface area contributed by atoms with Gasteiger partial charge in [0.05, 0.1) is 24.0 Å². The number of nitrogens with zero attached hydrogens (tertiary/aromatic N) is 3. The van der Waals surface area contributed by atoms with Crippen LogP contribution in [0.15, 0.2) is 90.1 Å². The summed E-state index contributed by atoms with van der Waals surface area (Å²) in [6.45, 7) is 0.624. The molecular weight excluding hydrogens is 400 g/mol. The van der Waals surface area contributed by atoms with Crippen molar-refractivity contribution in [2.75, 3.05) is 0 Å². The van der Waals surface area contributed by atoms with Crippen molar-refractivity contribution in [3.05, 3.63) is 117 Å². The van der Waals surface area contributed by atoms with Gasteiger partial charge in [0, 0.05) is 35.6 Å². The molecule has 2 heterocycles. The van der Waals surface area contributed by atoms with Crippen LogP contribution in [0, 0.1) is 0 Å². The number of carbonyl (C=O) groups is 1. The molecule has 2 aromatic heterocycles. The smallest absolute Gasteiger partial charge is 0.253 e. The Kier molecular flexibility index (Phi) is 5.77. The van der Waals surface area contributed by atoms with E-state index in [0.717, 1.165) is 16.8 Å². The van der Waals surface area contributed by atoms with Crippen LogP contribution in [0.4, 0.5) is 0 Å². The van der Waals surface area contributed by atoms with Gasteiger partial charge in [-0.15, -0.1) is 0 Å². The van der Waals surface area contributed by atoms with E-state index in [1.54, 1.807) is 23.1 Å². The minimum Gasteiger partial charge on any atom is -0.348 e. The SMILES string of the molecule is O=C(NCc1cnn(-c2ccccc2)c1)c1ccc(=O)n(Cc2ccccc2Cl)c1. The van der Waals surface area contributed by atoms with Gasteiger partial charge >= 0.3 is 0 Å². The van der Waals surface area contributed by atoms with E-state index in [4.69, 9.17) is 11.6 Å². The lowest BCUT2D eigenvalue weighted by atomic mass is 10.2. The van der Waals surface area contributed by atoms with Gasteiger partial charge in [-0.05, 0) is 29.8 Å². The number of halogens is 1. The maximum Gasteiger partial charge on any atom is 0.253 e. The number of amides is 1. The molecule has 0 aliphatic heterocycles. The van der Waals surface area contributed by atoms with E-state index in [9.17, 15) is 9.59 Å². The van der Waals surface area contributed by atoms with Crippen molar-refractivity contribution in [3.63, 3.8) is 0 Å². The molecule has 1 N–H and O–H groups in total. The van der Waals surface area contributed by atoms with Gasteiger partial charge in [-0.1, -0.05) is 48.0 Å². The molecule has 0 aliphatic carbocycles. The van der Waals surface area contributed by atoms with Crippen LogP contribution in [-0.2, 0) is 13.1 Å². The van der Waals surface area contributed by atoms with Crippen LogP contribution in [0.1, 0.15) is 21.5 Å². The lowest BCUT2D eigenvalue weighted by Crippen LogP contribution is -2.26. The van der Waals surface area contributed by atoms with Gasteiger partial charge in [0.15, 0.2) is 0 Å². The first-order valence-electron chi connectivity index (χ1n) is 9.41. The molecule has 0 bridgehead atoms. The molecule has 2 aromatic carbocycles. The first-order chi connectivity index (χ1) is 14.6. The Morgan fingerprint density at radius 3 is 2.53 bits per heavy atom. The summed E-state index contributed by atoms with van der Waals surface area (Å²) in [5.41, 5.74) is 2.83. The Morgan fingerprint density at radius 2 is 1.73 bits per heavy atom. The summed E-state index contributed by atoms with van der Waals surface area (Å²) in [6, 6.07) is 20.0. The summed E-state index contributed by atoms with van der Waals surface area (Å²) in [6.07, 6.45) is 5.13. The molecule has 7 heteroatoms. The summed E-state index contributed by atoms with van der Waals surface area (Å²) >= 11 is 6.19. The topological polar surface area (TPSA) is 68.9 Å². The molecule has 6 nitrogen and oxygen atoms in total. The number of rotatable bonds is 6. The van der Waals surface area contributed by atoms with Crippen molar-refractivity contribution in [1.29, 1.82) is 0 Å². The largest absolute Gasteiger partial charge is 0.348 e. The van der Waals surface area contributed by atoms with Crippen molar-refractivity contribution in [2.45, 2.75) is 13.1 Å². The fourth-order valence-electron chi connectivity index (χ4n) is 3.06. The van der Waals surface area contributed by atoms with Gasteiger partial charge in [0.2, 0.25) is 0 Å². The second-order valence-electron chi connectivity index (χ2n) is 6.79. The van der Waals surface area contributed by atoms with Crippen molar-refractivity contribution in [3.8, 4) is 5.69 Å². The van der Waals surface area contributed by atoms with E-state index in [1.165, 1.54) is 16.7 Å². The molecule has 0 saturated heterocycles. The maximum atomic E-state index is 12.6. The molecule has 0 radical (unpaired) electrons. The highest BCUT2D eigenvalue weighted by molar-refractivity contribution is 6.31. The van der Waals surface area contributed by atoms with Gasteiger partial charge in [0.25, 0.3) is 11.5 Å². The zero-order chi connectivity index (χ0) is 20.9. The van der Waals surface area contributed by atoms with Crippen molar-refractivity contribution >= 4 is 17.5 Å². The summed E-state index contributed by atoms with van der Waals surface area (Å²) in [7, 11) is 0. The monoisotopic (exact) mass is 418 g/mol. The molecule has 150 valence electrons. The van der Waals surface area contributed by atoms with E-state index in [1.807, 2.05) is 54.7 Å². The third kappa shape index (κ3) is 4.50. The van der Waals surface area contributed by atoms with Crippen LogP contribution in [0.25, 0.3) is 5.69 Å². The second kappa shape index (κ2) is 8.80. The molecule has 0 fully saturated rings. The lowest BCUT2D eigenvalue weighted by molar-refractivity contribution is 0.0950. The fourth-order valence-corrected chi connectivity index (χ4v) is 3.25. The van der Waals surface area contributed by atoms with Crippen molar-refractivity contribution in [1.82, 2.24) is 19.7 Å². The number of hydrogen-bond donors (Lipinski definition) is 1. The average molecular weight is 419 g/mol. The lowest BCUT2D eigenvalue weighted by Gasteiger charge is -2.10. The van der Waals surface area contributed by atoms with E-state index < -0.39 is 0 Å². The van der Waals surface area contributed by atoms with Crippen LogP contribution in [0.5, 0.6) is 0 Å². The molecule has 0 unspecified atom stereocenters. The van der Waals surface area contributed by atoms with Gasteiger partial charge < -0.3 is 9.88 Å². The van der Waals surface area contributed by atoms with E-state index in [2.05, 4.69) is 10.4 Å². The highest BCUT2D eigenvalue weighted by Crippen LogP contribution is 2.15. The number of para-hydroxylation sites is 1. The quantitative estimate of drug-likeness (QED) is 0.519. The molecule has 0 spiro atoms. The zero-order valence-electron chi connectivity index (χ0n) is 16.0. The zero-order valence-corrected chi connectivity index (χ0v) is 16.8. The highest BCUT2D eigenvalue weighted by Gasteiger charge is 2.10. The summed E-state index contributed by atoms with van der Waals surface area (Å²) in [5.74, 6) is -0.268. The van der Waals surface area contributed by atoms with Crippen LogP contribution < -0.4 is 10.9 Å². The van der Waals surface area contributed by atoms with Crippen LogP contribution in [0.2, 0.25) is 5.02 Å². The van der Waals surface area contributed by atoms with E-state index >= 15 is 0 Å². The Balaban J connectivity index is 1.45. The number of hydrogen-bond acceptors (Lipinski definition) is 3. The number of aromatic nitrogens is 3. The summed E-state index contributed by atoms with van der Waals surface area (Å²) in [5, 5.41) is 7.77. The predicted molar refractivity (Wildman–Crippen MR) is 116 cm³/mol. The molecule has 0 saturated carbocycles. The third-order valence-corrected chi connectivity index (χ3v) is 5.02. The number of benzene rings is 2. The van der Waals surface area contributed by atoms with E-state index in [0.29, 0.717) is 23.7 Å². The standard InChI is InChI=1S/C23H19ClN4O2/c24-21-9-5-4-6-18(21)15-27-16-19(10-11-22(27)29)23(30)25-12-17-13-26-28(14-17)20-7-2-1-3-8-20/h1-11,13-14,16H,12,15H2,(H,25,30). The summed E-state index contributed by atoms with van der Waals surface area (Å²) < 4.78 is 3.23. The Morgan fingerprint density at radius 1 is 0.967 bits per heavy atom. The Bertz CT molecular complexity index is 1230. The second-order valence-corrected chi connectivity index (χ2v) is 7.19. The fraction of sp³-hybridized carbons (Fsp3) is 0.0870. The number of carbonyl (C=O) groups excluding carboxylic acids is 1. The molecule has 4 aromatic rings. The minimum absolute atomic E-state index is 0.199. The molecule has 30 heavy (non-hydrogen) atoms. The molecule has 4 rings (SSSR count). The van der Waals surface area contributed by atoms with Crippen molar-refractivity contribution < 1.29 is 4.79 Å². The average Bonchev–Trinajstić information content (AvgIpc) is 3.25. The van der Waals surface area contributed by atoms with Crippen LogP contribution >= 0.6 is 11.6 Å². The van der Waals surface area contributed by atoms with Gasteiger partial charge in [-0.2, -0.15) is 5.10 Å². The van der Waals surface area contributed by atoms with Gasteiger partial charge in [-0.25, -0.2) is 4.68 Å². The molecule has 0 atom stereocenters. The molecular formula is C23H19ClN4O2. The molecule has 0 aliphatic rings. The van der Waals surface area contributed by atoms with Crippen LogP contribution in [0.3, 0.4) is 0 Å². The minimum atomic E-state index is -0.268. The first kappa shape index (κ1) is 19.7. The maximum absolute atomic E-state index is 12.6. The molecule has 1 amide bonds. The van der Waals surface area contributed by atoms with Gasteiger partial charge in [-0.3, -0.25) is 9.59 Å². The predicted octanol–water partition coefficient (Wildman–Crippen LogP) is 3.67. The Hall–Kier alpha value is -3.64. The normalized spacial score (nSPS) is 10.7. The number of pyridine rings is 1. The van der Waals surface area contributed by atoms with E-state index in [-0.39, 0.29) is 11.5 Å². The van der Waals surface area contributed by atoms with Gasteiger partial charge in [0.1, 0.15) is 0 Å². The number of nitrogens with one attached hydrogen (secondary N) is 1. The third-order valence-electron chi connectivity index (χ3n) is 4.65. The summed E-state index contributed by atoms with van der Waals surface area (Å²) in [4.78, 5) is 24.8. The highest BCUT2D eigenvalue weighted by atomic mass is 35.5. The Labute approximate surface area is 178 Å². The van der Waals surface area contributed by atoms with Crippen LogP contribution in [-0.4, -0.2) is 20.3 Å².